The lowest BCUT2D eigenvalue weighted by Gasteiger charge is -2.31. The summed E-state index contributed by atoms with van der Waals surface area (Å²) in [6, 6.07) is -1.11. The highest BCUT2D eigenvalue weighted by molar-refractivity contribution is 6.04. The number of rotatable bonds is 4. The first-order valence-electron chi connectivity index (χ1n) is 9.52. The van der Waals surface area contributed by atoms with Gasteiger partial charge in [-0.3, -0.25) is 14.9 Å². The predicted molar refractivity (Wildman–Crippen MR) is 97.0 cm³/mol. The molecule has 4 heterocycles. The maximum absolute atomic E-state index is 12.6. The molecule has 2 N–H and O–H groups in total. The zero-order valence-corrected chi connectivity index (χ0v) is 15.5. The molecule has 0 unspecified atom stereocenters. The van der Waals surface area contributed by atoms with Crippen LogP contribution in [0.5, 0.6) is 0 Å². The summed E-state index contributed by atoms with van der Waals surface area (Å²) in [5.41, 5.74) is 2.09. The molecular weight excluding hydrogens is 348 g/mol. The molecule has 27 heavy (non-hydrogen) atoms. The van der Waals surface area contributed by atoms with Crippen LogP contribution in [0.25, 0.3) is 0 Å². The number of aryl methyl sites for hydroxylation is 1. The Kier molecular flexibility index (Phi) is 4.67. The number of carbonyl (C=O) groups excluding carboxylic acids is 3. The molecule has 0 aliphatic carbocycles. The van der Waals surface area contributed by atoms with Crippen molar-refractivity contribution in [2.24, 2.45) is 0 Å². The number of nitrogens with zero attached hydrogens (tertiary/aromatic N) is 4. The molecule has 2 saturated heterocycles. The van der Waals surface area contributed by atoms with Crippen LogP contribution >= 0.6 is 0 Å². The van der Waals surface area contributed by atoms with Gasteiger partial charge in [0.25, 0.3) is 5.91 Å². The minimum absolute atomic E-state index is 0.0198. The summed E-state index contributed by atoms with van der Waals surface area (Å²) < 4.78 is 0. The normalized spacial score (nSPS) is 21.9. The summed E-state index contributed by atoms with van der Waals surface area (Å²) in [5, 5.41) is 4.71. The fourth-order valence-electron chi connectivity index (χ4n) is 4.02. The number of fused-ring (bicyclic) bond motifs is 1. The molecular formula is C18H24N6O3. The highest BCUT2D eigenvalue weighted by Crippen LogP contribution is 2.29. The van der Waals surface area contributed by atoms with Gasteiger partial charge in [0.1, 0.15) is 17.7 Å². The number of imide groups is 1. The number of amides is 4. The molecule has 2 fully saturated rings. The van der Waals surface area contributed by atoms with E-state index in [4.69, 9.17) is 0 Å². The van der Waals surface area contributed by atoms with Crippen molar-refractivity contribution in [1.82, 2.24) is 25.5 Å². The standard InChI is InChI=1S/C18H24N6O3/c1-11-19-14-10-24(15(25)5-4-13-17(26)22-18(27)21-13)9-6-12(14)16(20-11)23-7-2-3-8-23/h13H,2-10H2,1H3,(H2,21,22,26,27)/t13-/m0/s1. The van der Waals surface area contributed by atoms with Crippen LogP contribution in [0.2, 0.25) is 0 Å². The molecule has 0 radical (unpaired) electrons. The molecule has 0 spiro atoms. The monoisotopic (exact) mass is 372 g/mol. The number of hydrogen-bond donors (Lipinski definition) is 2. The second-order valence-electron chi connectivity index (χ2n) is 7.33. The zero-order valence-electron chi connectivity index (χ0n) is 15.5. The van der Waals surface area contributed by atoms with E-state index in [1.165, 1.54) is 12.8 Å². The van der Waals surface area contributed by atoms with Gasteiger partial charge in [0, 0.05) is 31.6 Å². The van der Waals surface area contributed by atoms with Crippen LogP contribution in [0.3, 0.4) is 0 Å². The van der Waals surface area contributed by atoms with Crippen LogP contribution in [0, 0.1) is 6.92 Å². The summed E-state index contributed by atoms with van der Waals surface area (Å²) in [4.78, 5) is 48.7. The van der Waals surface area contributed by atoms with E-state index < -0.39 is 12.1 Å². The van der Waals surface area contributed by atoms with Crippen LogP contribution in [0.4, 0.5) is 10.6 Å². The average Bonchev–Trinajstić information content (AvgIpc) is 3.28. The second kappa shape index (κ2) is 7.13. The van der Waals surface area contributed by atoms with Crippen molar-refractivity contribution >= 4 is 23.7 Å². The highest BCUT2D eigenvalue weighted by atomic mass is 16.2. The van der Waals surface area contributed by atoms with Crippen molar-refractivity contribution < 1.29 is 14.4 Å². The molecule has 3 aliphatic rings. The fourth-order valence-corrected chi connectivity index (χ4v) is 4.02. The van der Waals surface area contributed by atoms with E-state index in [0.29, 0.717) is 19.5 Å². The molecule has 0 aromatic carbocycles. The lowest BCUT2D eigenvalue weighted by molar-refractivity contribution is -0.132. The molecule has 144 valence electrons. The summed E-state index contributed by atoms with van der Waals surface area (Å²) in [5.74, 6) is 1.38. The first-order valence-corrected chi connectivity index (χ1v) is 9.52. The average molecular weight is 372 g/mol. The number of anilines is 1. The fraction of sp³-hybridized carbons (Fsp3) is 0.611. The minimum Gasteiger partial charge on any atom is -0.356 e. The van der Waals surface area contributed by atoms with Crippen molar-refractivity contribution in [2.75, 3.05) is 24.5 Å². The van der Waals surface area contributed by atoms with E-state index in [1.54, 1.807) is 4.90 Å². The van der Waals surface area contributed by atoms with Gasteiger partial charge in [0.2, 0.25) is 5.91 Å². The molecule has 3 aliphatic heterocycles. The Labute approximate surface area is 157 Å². The van der Waals surface area contributed by atoms with Gasteiger partial charge in [0.05, 0.1) is 12.2 Å². The van der Waals surface area contributed by atoms with Gasteiger partial charge in [-0.15, -0.1) is 0 Å². The summed E-state index contributed by atoms with van der Waals surface area (Å²) in [6.07, 6.45) is 3.65. The Morgan fingerprint density at radius 2 is 1.96 bits per heavy atom. The summed E-state index contributed by atoms with van der Waals surface area (Å²) in [7, 11) is 0. The number of hydrogen-bond acceptors (Lipinski definition) is 6. The molecule has 1 aromatic rings. The lowest BCUT2D eigenvalue weighted by Crippen LogP contribution is -2.39. The van der Waals surface area contributed by atoms with Crippen molar-refractivity contribution in [3.05, 3.63) is 17.1 Å². The third-order valence-electron chi connectivity index (χ3n) is 5.42. The van der Waals surface area contributed by atoms with Gasteiger partial charge in [-0.2, -0.15) is 0 Å². The summed E-state index contributed by atoms with van der Waals surface area (Å²) in [6.45, 7) is 5.05. The van der Waals surface area contributed by atoms with Crippen LogP contribution in [0.15, 0.2) is 0 Å². The molecule has 9 heteroatoms. The van der Waals surface area contributed by atoms with Crippen molar-refractivity contribution in [1.29, 1.82) is 0 Å². The van der Waals surface area contributed by atoms with Gasteiger partial charge in [-0.1, -0.05) is 0 Å². The highest BCUT2D eigenvalue weighted by Gasteiger charge is 2.31. The maximum Gasteiger partial charge on any atom is 0.322 e. The SMILES string of the molecule is Cc1nc2c(c(N3CCCC3)n1)CCN(C(=O)CC[C@@H]1NC(=O)NC1=O)C2. The number of carbonyl (C=O) groups is 3. The van der Waals surface area contributed by atoms with E-state index in [2.05, 4.69) is 25.5 Å². The van der Waals surface area contributed by atoms with Crippen LogP contribution in [-0.2, 0) is 22.6 Å². The van der Waals surface area contributed by atoms with Gasteiger partial charge >= 0.3 is 6.03 Å². The number of aromatic nitrogens is 2. The van der Waals surface area contributed by atoms with Gasteiger partial charge in [0.15, 0.2) is 0 Å². The van der Waals surface area contributed by atoms with Crippen LogP contribution in [0.1, 0.15) is 42.8 Å². The zero-order chi connectivity index (χ0) is 19.0. The van der Waals surface area contributed by atoms with Gasteiger partial charge in [-0.25, -0.2) is 14.8 Å². The van der Waals surface area contributed by atoms with E-state index >= 15 is 0 Å². The van der Waals surface area contributed by atoms with Crippen molar-refractivity contribution in [3.63, 3.8) is 0 Å². The van der Waals surface area contributed by atoms with Gasteiger partial charge < -0.3 is 15.1 Å². The predicted octanol–water partition coefficient (Wildman–Crippen LogP) is 0.258. The third kappa shape index (κ3) is 3.58. The molecule has 1 atom stereocenters. The third-order valence-corrected chi connectivity index (χ3v) is 5.42. The van der Waals surface area contributed by atoms with E-state index in [9.17, 15) is 14.4 Å². The van der Waals surface area contributed by atoms with Crippen molar-refractivity contribution in [3.8, 4) is 0 Å². The Hall–Kier alpha value is -2.71. The van der Waals surface area contributed by atoms with E-state index in [0.717, 1.165) is 42.4 Å². The smallest absolute Gasteiger partial charge is 0.322 e. The molecule has 0 bridgehead atoms. The lowest BCUT2D eigenvalue weighted by atomic mass is 10.0. The largest absolute Gasteiger partial charge is 0.356 e. The Balaban J connectivity index is 1.42. The number of urea groups is 1. The van der Waals surface area contributed by atoms with E-state index in [-0.39, 0.29) is 18.2 Å². The molecule has 4 amide bonds. The first-order chi connectivity index (χ1) is 13.0. The maximum atomic E-state index is 12.6. The Morgan fingerprint density at radius 3 is 2.67 bits per heavy atom. The molecule has 4 rings (SSSR count). The molecule has 9 nitrogen and oxygen atoms in total. The number of nitrogens with one attached hydrogen (secondary N) is 2. The van der Waals surface area contributed by atoms with Crippen LogP contribution < -0.4 is 15.5 Å². The minimum atomic E-state index is -0.620. The quantitative estimate of drug-likeness (QED) is 0.734. The van der Waals surface area contributed by atoms with Gasteiger partial charge in [-0.05, 0) is 32.6 Å². The summed E-state index contributed by atoms with van der Waals surface area (Å²) >= 11 is 0. The second-order valence-corrected chi connectivity index (χ2v) is 7.33. The topological polar surface area (TPSA) is 108 Å². The van der Waals surface area contributed by atoms with Crippen LogP contribution in [-0.4, -0.2) is 58.4 Å². The molecule has 1 aromatic heterocycles. The van der Waals surface area contributed by atoms with Crippen molar-refractivity contribution in [2.45, 2.75) is 51.6 Å². The Morgan fingerprint density at radius 1 is 1.19 bits per heavy atom. The first kappa shape index (κ1) is 17.7. The van der Waals surface area contributed by atoms with E-state index in [1.807, 2.05) is 6.92 Å². The molecule has 0 saturated carbocycles. The Bertz CT molecular complexity index is 790.